The number of para-hydroxylation sites is 2. The summed E-state index contributed by atoms with van der Waals surface area (Å²) >= 11 is 0. The fourth-order valence-corrected chi connectivity index (χ4v) is 3.57. The van der Waals surface area contributed by atoms with Gasteiger partial charge < -0.3 is 24.6 Å². The maximum atomic E-state index is 12.9. The number of ether oxygens (including phenoxy) is 1. The van der Waals surface area contributed by atoms with Crippen LogP contribution < -0.4 is 10.1 Å². The molecule has 0 spiro atoms. The number of amides is 1. The number of likely N-dealkylation sites (tertiary alicyclic amines) is 1. The van der Waals surface area contributed by atoms with Crippen molar-refractivity contribution < 1.29 is 19.2 Å². The highest BCUT2D eigenvalue weighted by Crippen LogP contribution is 2.27. The topological polar surface area (TPSA) is 101 Å². The highest BCUT2D eigenvalue weighted by molar-refractivity contribution is 5.99. The molecule has 3 aromatic rings. The molecule has 1 fully saturated rings. The van der Waals surface area contributed by atoms with Gasteiger partial charge >= 0.3 is 0 Å². The molecule has 0 saturated carbocycles. The Labute approximate surface area is 174 Å². The Morgan fingerprint density at radius 1 is 1.27 bits per heavy atom. The van der Waals surface area contributed by atoms with Crippen molar-refractivity contribution in [3.8, 4) is 17.1 Å². The number of rotatable bonds is 6. The van der Waals surface area contributed by atoms with E-state index in [1.54, 1.807) is 18.1 Å². The van der Waals surface area contributed by atoms with Gasteiger partial charge in [0.2, 0.25) is 11.7 Å². The SMILES string of the molecule is COc1ccccc1-c1noc(CNc2ccccc2C(=O)N2CCCC(O)C2)n1. The molecule has 156 valence electrons. The van der Waals surface area contributed by atoms with E-state index in [9.17, 15) is 9.90 Å². The predicted octanol–water partition coefficient (Wildman–Crippen LogP) is 2.95. The van der Waals surface area contributed by atoms with E-state index in [-0.39, 0.29) is 12.5 Å². The summed E-state index contributed by atoms with van der Waals surface area (Å²) in [4.78, 5) is 19.1. The zero-order valence-corrected chi connectivity index (χ0v) is 16.7. The minimum Gasteiger partial charge on any atom is -0.496 e. The monoisotopic (exact) mass is 408 g/mol. The predicted molar refractivity (Wildman–Crippen MR) is 111 cm³/mol. The Kier molecular flexibility index (Phi) is 5.94. The van der Waals surface area contributed by atoms with Crippen LogP contribution in [0, 0.1) is 0 Å². The summed E-state index contributed by atoms with van der Waals surface area (Å²) in [6, 6.07) is 14.8. The van der Waals surface area contributed by atoms with Crippen molar-refractivity contribution in [2.75, 3.05) is 25.5 Å². The fourth-order valence-electron chi connectivity index (χ4n) is 3.57. The summed E-state index contributed by atoms with van der Waals surface area (Å²) in [5, 5.41) is 17.1. The number of anilines is 1. The molecule has 0 bridgehead atoms. The lowest BCUT2D eigenvalue weighted by Gasteiger charge is -2.30. The number of aromatic nitrogens is 2. The lowest BCUT2D eigenvalue weighted by atomic mass is 10.1. The molecule has 2 heterocycles. The van der Waals surface area contributed by atoms with Crippen LogP contribution in [0.3, 0.4) is 0 Å². The Balaban J connectivity index is 1.47. The van der Waals surface area contributed by atoms with Crippen LogP contribution in [0.5, 0.6) is 5.75 Å². The average molecular weight is 408 g/mol. The highest BCUT2D eigenvalue weighted by Gasteiger charge is 2.24. The largest absolute Gasteiger partial charge is 0.496 e. The summed E-state index contributed by atoms with van der Waals surface area (Å²) < 4.78 is 10.7. The van der Waals surface area contributed by atoms with Gasteiger partial charge in [0.25, 0.3) is 5.91 Å². The van der Waals surface area contributed by atoms with Gasteiger partial charge in [-0.2, -0.15) is 4.98 Å². The molecule has 1 atom stereocenters. The van der Waals surface area contributed by atoms with Gasteiger partial charge in [0.15, 0.2) is 0 Å². The van der Waals surface area contributed by atoms with Crippen LogP contribution in [0.1, 0.15) is 29.1 Å². The second-order valence-electron chi connectivity index (χ2n) is 7.16. The lowest BCUT2D eigenvalue weighted by Crippen LogP contribution is -2.42. The number of piperidine rings is 1. The summed E-state index contributed by atoms with van der Waals surface area (Å²) in [6.07, 6.45) is 1.07. The van der Waals surface area contributed by atoms with Crippen LogP contribution in [0.15, 0.2) is 53.1 Å². The number of carbonyl (C=O) groups excluding carboxylic acids is 1. The number of nitrogens with zero attached hydrogens (tertiary/aromatic N) is 3. The number of nitrogens with one attached hydrogen (secondary N) is 1. The van der Waals surface area contributed by atoms with E-state index in [4.69, 9.17) is 9.26 Å². The number of hydrogen-bond donors (Lipinski definition) is 2. The van der Waals surface area contributed by atoms with E-state index in [0.29, 0.717) is 41.8 Å². The first-order valence-electron chi connectivity index (χ1n) is 9.92. The number of aliphatic hydroxyl groups excluding tert-OH is 1. The molecule has 8 heteroatoms. The second kappa shape index (κ2) is 8.96. The Morgan fingerprint density at radius 3 is 2.90 bits per heavy atom. The van der Waals surface area contributed by atoms with E-state index in [1.807, 2.05) is 42.5 Å². The molecule has 2 aromatic carbocycles. The van der Waals surface area contributed by atoms with Crippen molar-refractivity contribution in [3.63, 3.8) is 0 Å². The number of hydrogen-bond acceptors (Lipinski definition) is 7. The normalized spacial score (nSPS) is 16.3. The molecule has 1 unspecified atom stereocenters. The van der Waals surface area contributed by atoms with Gasteiger partial charge in [0, 0.05) is 18.8 Å². The molecule has 1 aromatic heterocycles. The zero-order valence-electron chi connectivity index (χ0n) is 16.7. The fraction of sp³-hybridized carbons (Fsp3) is 0.318. The van der Waals surface area contributed by atoms with Crippen LogP contribution >= 0.6 is 0 Å². The van der Waals surface area contributed by atoms with Crippen LogP contribution in [0.4, 0.5) is 5.69 Å². The van der Waals surface area contributed by atoms with E-state index in [2.05, 4.69) is 15.5 Å². The minimum absolute atomic E-state index is 0.0999. The summed E-state index contributed by atoms with van der Waals surface area (Å²) in [5.41, 5.74) is 1.98. The maximum absolute atomic E-state index is 12.9. The van der Waals surface area contributed by atoms with Crippen molar-refractivity contribution in [1.82, 2.24) is 15.0 Å². The molecule has 2 N–H and O–H groups in total. The standard InChI is InChI=1S/C22H24N4O4/c1-29-19-11-5-3-9-17(19)21-24-20(30-25-21)13-23-18-10-4-2-8-16(18)22(28)26-12-6-7-15(27)14-26/h2-5,8-11,15,23,27H,6-7,12-14H2,1H3. The van der Waals surface area contributed by atoms with Gasteiger partial charge in [-0.1, -0.05) is 29.4 Å². The van der Waals surface area contributed by atoms with Gasteiger partial charge in [-0.3, -0.25) is 4.79 Å². The molecule has 4 rings (SSSR count). The van der Waals surface area contributed by atoms with Crippen molar-refractivity contribution in [2.45, 2.75) is 25.5 Å². The first-order chi connectivity index (χ1) is 14.7. The van der Waals surface area contributed by atoms with Crippen molar-refractivity contribution in [1.29, 1.82) is 0 Å². The number of carbonyl (C=O) groups is 1. The van der Waals surface area contributed by atoms with Crippen molar-refractivity contribution in [2.24, 2.45) is 0 Å². The zero-order chi connectivity index (χ0) is 20.9. The van der Waals surface area contributed by atoms with Gasteiger partial charge in [-0.25, -0.2) is 0 Å². The van der Waals surface area contributed by atoms with E-state index >= 15 is 0 Å². The Bertz CT molecular complexity index is 1020. The summed E-state index contributed by atoms with van der Waals surface area (Å²) in [6.45, 7) is 1.28. The van der Waals surface area contributed by atoms with E-state index < -0.39 is 6.10 Å². The van der Waals surface area contributed by atoms with Gasteiger partial charge in [0.05, 0.1) is 30.9 Å². The third-order valence-corrected chi connectivity index (χ3v) is 5.09. The molecule has 0 aliphatic carbocycles. The summed E-state index contributed by atoms with van der Waals surface area (Å²) in [7, 11) is 1.59. The van der Waals surface area contributed by atoms with Crippen LogP contribution in [0.25, 0.3) is 11.4 Å². The number of aliphatic hydroxyl groups is 1. The number of methoxy groups -OCH3 is 1. The van der Waals surface area contributed by atoms with E-state index in [1.165, 1.54) is 0 Å². The molecular weight excluding hydrogens is 384 g/mol. The molecule has 1 saturated heterocycles. The molecule has 0 radical (unpaired) electrons. The van der Waals surface area contributed by atoms with Crippen LogP contribution in [-0.2, 0) is 6.54 Å². The van der Waals surface area contributed by atoms with Gasteiger partial charge in [-0.15, -0.1) is 0 Å². The smallest absolute Gasteiger partial charge is 0.256 e. The molecule has 30 heavy (non-hydrogen) atoms. The molecule has 8 nitrogen and oxygen atoms in total. The molecule has 1 aliphatic heterocycles. The van der Waals surface area contributed by atoms with Crippen molar-refractivity contribution in [3.05, 3.63) is 60.0 Å². The van der Waals surface area contributed by atoms with Crippen LogP contribution in [0.2, 0.25) is 0 Å². The lowest BCUT2D eigenvalue weighted by molar-refractivity contribution is 0.0474. The molecule has 1 amide bonds. The highest BCUT2D eigenvalue weighted by atomic mass is 16.5. The Morgan fingerprint density at radius 2 is 2.07 bits per heavy atom. The first-order valence-corrected chi connectivity index (χ1v) is 9.92. The molecule has 1 aliphatic rings. The average Bonchev–Trinajstić information content (AvgIpc) is 3.26. The van der Waals surface area contributed by atoms with Crippen LogP contribution in [-0.4, -0.2) is 52.4 Å². The quantitative estimate of drug-likeness (QED) is 0.647. The summed E-state index contributed by atoms with van der Waals surface area (Å²) in [5.74, 6) is 1.40. The third kappa shape index (κ3) is 4.28. The first kappa shape index (κ1) is 19.9. The van der Waals surface area contributed by atoms with Crippen molar-refractivity contribution >= 4 is 11.6 Å². The maximum Gasteiger partial charge on any atom is 0.256 e. The van der Waals surface area contributed by atoms with E-state index in [0.717, 1.165) is 18.4 Å². The number of β-amino-alcohol motifs (C(OH)–C–C–N with tert-alkyl or cyclic N) is 1. The minimum atomic E-state index is -0.463. The molecular formula is C22H24N4O4. The van der Waals surface area contributed by atoms with Gasteiger partial charge in [0.1, 0.15) is 5.75 Å². The van der Waals surface area contributed by atoms with Gasteiger partial charge in [-0.05, 0) is 37.1 Å². The number of benzene rings is 2. The Hall–Kier alpha value is -3.39. The third-order valence-electron chi connectivity index (χ3n) is 5.09. The second-order valence-corrected chi connectivity index (χ2v) is 7.16.